The number of fused-ring (bicyclic) bond motifs is 1. The summed E-state index contributed by atoms with van der Waals surface area (Å²) in [6.45, 7) is 0.241. The fourth-order valence-corrected chi connectivity index (χ4v) is 4.48. The Morgan fingerprint density at radius 2 is 1.89 bits per heavy atom. The second-order valence-corrected chi connectivity index (χ2v) is 8.93. The second kappa shape index (κ2) is 10.4. The molecule has 1 heterocycles. The Morgan fingerprint density at radius 1 is 1.17 bits per heavy atom. The lowest BCUT2D eigenvalue weighted by Gasteiger charge is -2.19. The van der Waals surface area contributed by atoms with Crippen LogP contribution in [0.2, 0.25) is 0 Å². The number of rotatable bonds is 8. The van der Waals surface area contributed by atoms with Crippen molar-refractivity contribution in [2.24, 2.45) is 11.7 Å². The molecule has 0 bridgehead atoms. The summed E-state index contributed by atoms with van der Waals surface area (Å²) >= 11 is 0. The minimum atomic E-state index is -0.468. The van der Waals surface area contributed by atoms with Crippen LogP contribution in [0.1, 0.15) is 54.4 Å². The molecule has 1 saturated carbocycles. The van der Waals surface area contributed by atoms with Gasteiger partial charge >= 0.3 is 0 Å². The molecule has 0 aliphatic heterocycles. The highest BCUT2D eigenvalue weighted by molar-refractivity contribution is 6.04. The molecule has 0 atom stereocenters. The van der Waals surface area contributed by atoms with Gasteiger partial charge in [-0.2, -0.15) is 5.26 Å². The molecular formula is C26H28N6O3. The maximum atomic E-state index is 12.8. The van der Waals surface area contributed by atoms with Crippen molar-refractivity contribution in [2.45, 2.75) is 45.1 Å². The summed E-state index contributed by atoms with van der Waals surface area (Å²) in [6.07, 6.45) is 5.19. The number of hydrogen-bond donors (Lipinski definition) is 2. The average Bonchev–Trinajstić information content (AvgIpc) is 3.49. The van der Waals surface area contributed by atoms with E-state index in [2.05, 4.69) is 10.3 Å². The van der Waals surface area contributed by atoms with Crippen LogP contribution in [-0.4, -0.2) is 34.3 Å². The fraction of sp³-hybridized carbons (Fsp3) is 0.346. The van der Waals surface area contributed by atoms with Gasteiger partial charge in [0.25, 0.3) is 5.91 Å². The number of primary amides is 1. The normalized spacial score (nSPS) is 13.5. The third-order valence-corrected chi connectivity index (χ3v) is 6.51. The number of nitriles is 1. The largest absolute Gasteiger partial charge is 0.370 e. The van der Waals surface area contributed by atoms with E-state index in [1.807, 2.05) is 18.2 Å². The second-order valence-electron chi connectivity index (χ2n) is 8.93. The Bertz CT molecular complexity index is 1300. The predicted octanol–water partition coefficient (Wildman–Crippen LogP) is 3.58. The number of nitrogens with two attached hydrogens (primary N) is 1. The number of nitrogens with zero attached hydrogens (tertiary/aromatic N) is 4. The Hall–Kier alpha value is -4.19. The van der Waals surface area contributed by atoms with E-state index in [0.29, 0.717) is 40.2 Å². The summed E-state index contributed by atoms with van der Waals surface area (Å²) in [7, 11) is 1.76. The molecule has 2 aromatic carbocycles. The number of carbonyl (C=O) groups excluding carboxylic acids is 3. The SMILES string of the molecule is CN(C(=O)CC1CCCC1)c1ccc2c(c1)nc(NC(=O)c1ccc(C#N)cc1)n2CCC(N)=O. The summed E-state index contributed by atoms with van der Waals surface area (Å²) in [6, 6.07) is 13.7. The van der Waals surface area contributed by atoms with Gasteiger partial charge in [0.15, 0.2) is 0 Å². The van der Waals surface area contributed by atoms with Crippen molar-refractivity contribution in [3.63, 3.8) is 0 Å². The first kappa shape index (κ1) is 24.0. The lowest BCUT2D eigenvalue weighted by molar-refractivity contribution is -0.119. The molecule has 0 spiro atoms. The van der Waals surface area contributed by atoms with E-state index in [0.717, 1.165) is 12.8 Å². The van der Waals surface area contributed by atoms with E-state index in [1.165, 1.54) is 12.8 Å². The molecule has 1 fully saturated rings. The molecule has 9 nitrogen and oxygen atoms in total. The van der Waals surface area contributed by atoms with E-state index < -0.39 is 11.8 Å². The number of benzene rings is 2. The highest BCUT2D eigenvalue weighted by Gasteiger charge is 2.22. The van der Waals surface area contributed by atoms with Crippen LogP contribution in [0.5, 0.6) is 0 Å². The third kappa shape index (κ3) is 5.49. The highest BCUT2D eigenvalue weighted by atomic mass is 16.2. The van der Waals surface area contributed by atoms with Crippen molar-refractivity contribution < 1.29 is 14.4 Å². The molecule has 1 aliphatic carbocycles. The van der Waals surface area contributed by atoms with Gasteiger partial charge < -0.3 is 15.2 Å². The molecule has 3 aromatic rings. The molecule has 1 aliphatic rings. The van der Waals surface area contributed by atoms with Gasteiger partial charge in [-0.1, -0.05) is 12.8 Å². The van der Waals surface area contributed by atoms with Crippen LogP contribution in [0, 0.1) is 17.2 Å². The molecule has 9 heteroatoms. The summed E-state index contributed by atoms with van der Waals surface area (Å²) in [4.78, 5) is 43.3. The van der Waals surface area contributed by atoms with Crippen molar-refractivity contribution in [3.05, 3.63) is 53.6 Å². The van der Waals surface area contributed by atoms with Crippen LogP contribution >= 0.6 is 0 Å². The summed E-state index contributed by atoms with van der Waals surface area (Å²) in [5.41, 5.74) is 8.19. The summed E-state index contributed by atoms with van der Waals surface area (Å²) in [5, 5.41) is 11.8. The minimum Gasteiger partial charge on any atom is -0.370 e. The minimum absolute atomic E-state index is 0.0683. The van der Waals surface area contributed by atoms with Crippen LogP contribution < -0.4 is 16.0 Å². The molecule has 3 N–H and O–H groups in total. The van der Waals surface area contributed by atoms with E-state index in [-0.39, 0.29) is 24.8 Å². The van der Waals surface area contributed by atoms with Gasteiger partial charge in [0.1, 0.15) is 0 Å². The van der Waals surface area contributed by atoms with E-state index in [4.69, 9.17) is 11.0 Å². The number of amides is 3. The molecule has 0 radical (unpaired) electrons. The molecule has 0 saturated heterocycles. The molecule has 3 amide bonds. The van der Waals surface area contributed by atoms with Crippen LogP contribution in [0.4, 0.5) is 11.6 Å². The Morgan fingerprint density at radius 3 is 2.54 bits per heavy atom. The summed E-state index contributed by atoms with van der Waals surface area (Å²) in [5.74, 6) is -0.0727. The smallest absolute Gasteiger partial charge is 0.257 e. The van der Waals surface area contributed by atoms with Crippen LogP contribution in [0.15, 0.2) is 42.5 Å². The molecule has 4 rings (SSSR count). The summed E-state index contributed by atoms with van der Waals surface area (Å²) < 4.78 is 1.73. The van der Waals surface area contributed by atoms with Crippen molar-refractivity contribution in [1.82, 2.24) is 9.55 Å². The van der Waals surface area contributed by atoms with Gasteiger partial charge in [0.05, 0.1) is 22.7 Å². The van der Waals surface area contributed by atoms with Crippen molar-refractivity contribution in [1.29, 1.82) is 5.26 Å². The highest BCUT2D eigenvalue weighted by Crippen LogP contribution is 2.30. The Labute approximate surface area is 203 Å². The lowest BCUT2D eigenvalue weighted by atomic mass is 10.0. The first-order valence-electron chi connectivity index (χ1n) is 11.7. The topological polar surface area (TPSA) is 134 Å². The number of imidazole rings is 1. The standard InChI is InChI=1S/C26H28N6O3/c1-31(24(34)14-17-4-2-3-5-17)20-10-11-22-21(15-20)29-26(32(22)13-12-23(28)33)30-25(35)19-8-6-18(16-27)7-9-19/h6-11,15,17H,2-5,12-14H2,1H3,(H2,28,33)(H,29,30,35). The average molecular weight is 473 g/mol. The number of aromatic nitrogens is 2. The predicted molar refractivity (Wildman–Crippen MR) is 133 cm³/mol. The van der Waals surface area contributed by atoms with Gasteiger partial charge in [-0.3, -0.25) is 19.7 Å². The zero-order valence-electron chi connectivity index (χ0n) is 19.7. The maximum absolute atomic E-state index is 12.8. The Balaban J connectivity index is 1.60. The molecule has 35 heavy (non-hydrogen) atoms. The van der Waals surface area contributed by atoms with E-state index in [1.54, 1.807) is 46.8 Å². The van der Waals surface area contributed by atoms with Gasteiger partial charge in [0.2, 0.25) is 17.8 Å². The molecular weight excluding hydrogens is 444 g/mol. The van der Waals surface area contributed by atoms with Crippen LogP contribution in [0.25, 0.3) is 11.0 Å². The molecule has 180 valence electrons. The first-order valence-corrected chi connectivity index (χ1v) is 11.7. The van der Waals surface area contributed by atoms with Gasteiger partial charge in [-0.25, -0.2) is 4.98 Å². The van der Waals surface area contributed by atoms with Crippen LogP contribution in [-0.2, 0) is 16.1 Å². The number of hydrogen-bond acceptors (Lipinski definition) is 5. The van der Waals surface area contributed by atoms with Crippen molar-refractivity contribution in [2.75, 3.05) is 17.3 Å². The third-order valence-electron chi connectivity index (χ3n) is 6.51. The van der Waals surface area contributed by atoms with Crippen molar-refractivity contribution in [3.8, 4) is 6.07 Å². The molecule has 0 unspecified atom stereocenters. The fourth-order valence-electron chi connectivity index (χ4n) is 4.48. The number of anilines is 2. The number of carbonyl (C=O) groups is 3. The van der Waals surface area contributed by atoms with Gasteiger partial charge in [0, 0.05) is 37.7 Å². The van der Waals surface area contributed by atoms with Crippen molar-refractivity contribution >= 4 is 40.4 Å². The monoisotopic (exact) mass is 472 g/mol. The van der Waals surface area contributed by atoms with Gasteiger partial charge in [-0.05, 0) is 61.2 Å². The first-order chi connectivity index (χ1) is 16.9. The van der Waals surface area contributed by atoms with E-state index in [9.17, 15) is 14.4 Å². The van der Waals surface area contributed by atoms with Crippen LogP contribution in [0.3, 0.4) is 0 Å². The number of nitrogens with one attached hydrogen (secondary N) is 1. The zero-order valence-corrected chi connectivity index (χ0v) is 19.7. The Kier molecular flexibility index (Phi) is 7.11. The maximum Gasteiger partial charge on any atom is 0.257 e. The van der Waals surface area contributed by atoms with E-state index >= 15 is 0 Å². The lowest BCUT2D eigenvalue weighted by Crippen LogP contribution is -2.27. The molecule has 1 aromatic heterocycles. The zero-order chi connectivity index (χ0) is 24.9. The quantitative estimate of drug-likeness (QED) is 0.517. The van der Waals surface area contributed by atoms with Gasteiger partial charge in [-0.15, -0.1) is 0 Å². The number of aryl methyl sites for hydroxylation is 1.